The fraction of sp³-hybridized carbons (Fsp3) is 1.00. The predicted octanol–water partition coefficient (Wildman–Crippen LogP) is 2.50. The minimum atomic E-state index is 0.839. The first-order valence-corrected chi connectivity index (χ1v) is 7.25. The van der Waals surface area contributed by atoms with E-state index < -0.39 is 0 Å². The van der Waals surface area contributed by atoms with Crippen LogP contribution in [0.25, 0.3) is 0 Å². The van der Waals surface area contributed by atoms with E-state index in [4.69, 9.17) is 0 Å². The smallest absolute Gasteiger partial charge is 0.0120 e. The minimum Gasteiger partial charge on any atom is -0.314 e. The molecule has 2 rings (SSSR count). The molecule has 0 radical (unpaired) electrons. The summed E-state index contributed by atoms with van der Waals surface area (Å²) in [4.78, 5) is 2.72. The SMILES string of the molecule is CCCC(C)CN1CCC2NCCCC2C1. The average Bonchev–Trinajstić information content (AvgIpc) is 2.29. The van der Waals surface area contributed by atoms with E-state index in [1.807, 2.05) is 0 Å². The molecule has 2 aliphatic heterocycles. The van der Waals surface area contributed by atoms with E-state index in [0.29, 0.717) is 0 Å². The summed E-state index contributed by atoms with van der Waals surface area (Å²) >= 11 is 0. The molecule has 0 bridgehead atoms. The molecule has 2 aliphatic rings. The second-order valence-corrected chi connectivity index (χ2v) is 5.91. The lowest BCUT2D eigenvalue weighted by Crippen LogP contribution is -2.52. The second-order valence-electron chi connectivity index (χ2n) is 5.91. The van der Waals surface area contributed by atoms with Gasteiger partial charge < -0.3 is 10.2 Å². The molecular formula is C14H28N2. The van der Waals surface area contributed by atoms with Crippen LogP contribution in [0.3, 0.4) is 0 Å². The lowest BCUT2D eigenvalue weighted by Gasteiger charge is -2.42. The topological polar surface area (TPSA) is 15.3 Å². The van der Waals surface area contributed by atoms with Crippen LogP contribution < -0.4 is 5.32 Å². The maximum Gasteiger partial charge on any atom is 0.0120 e. The molecule has 3 unspecified atom stereocenters. The molecule has 0 aliphatic carbocycles. The van der Waals surface area contributed by atoms with Crippen LogP contribution in [-0.2, 0) is 0 Å². The highest BCUT2D eigenvalue weighted by atomic mass is 15.2. The molecule has 2 heteroatoms. The Hall–Kier alpha value is -0.0800. The van der Waals surface area contributed by atoms with Gasteiger partial charge in [0, 0.05) is 19.1 Å². The van der Waals surface area contributed by atoms with Crippen LogP contribution in [0.15, 0.2) is 0 Å². The summed E-state index contributed by atoms with van der Waals surface area (Å²) in [6.07, 6.45) is 6.95. The second kappa shape index (κ2) is 6.02. The largest absolute Gasteiger partial charge is 0.314 e. The van der Waals surface area contributed by atoms with Crippen molar-refractivity contribution >= 4 is 0 Å². The number of likely N-dealkylation sites (tertiary alicyclic amines) is 1. The molecule has 94 valence electrons. The molecule has 0 aromatic carbocycles. The van der Waals surface area contributed by atoms with Gasteiger partial charge in [0.15, 0.2) is 0 Å². The number of fused-ring (bicyclic) bond motifs is 1. The molecule has 2 saturated heterocycles. The highest BCUT2D eigenvalue weighted by Crippen LogP contribution is 2.25. The monoisotopic (exact) mass is 224 g/mol. The van der Waals surface area contributed by atoms with Crippen molar-refractivity contribution in [2.75, 3.05) is 26.2 Å². The molecule has 0 aromatic heterocycles. The zero-order valence-corrected chi connectivity index (χ0v) is 11.0. The highest BCUT2D eigenvalue weighted by Gasteiger charge is 2.30. The van der Waals surface area contributed by atoms with Gasteiger partial charge in [-0.3, -0.25) is 0 Å². The summed E-state index contributed by atoms with van der Waals surface area (Å²) in [5.74, 6) is 1.83. The van der Waals surface area contributed by atoms with Crippen LogP contribution in [-0.4, -0.2) is 37.1 Å². The lowest BCUT2D eigenvalue weighted by atomic mass is 9.85. The van der Waals surface area contributed by atoms with E-state index in [9.17, 15) is 0 Å². The Balaban J connectivity index is 1.76. The first-order chi connectivity index (χ1) is 7.79. The highest BCUT2D eigenvalue weighted by molar-refractivity contribution is 4.88. The van der Waals surface area contributed by atoms with Crippen molar-refractivity contribution in [2.24, 2.45) is 11.8 Å². The van der Waals surface area contributed by atoms with Gasteiger partial charge in [-0.1, -0.05) is 20.3 Å². The first-order valence-electron chi connectivity index (χ1n) is 7.25. The van der Waals surface area contributed by atoms with Crippen molar-refractivity contribution in [3.05, 3.63) is 0 Å². The van der Waals surface area contributed by atoms with Gasteiger partial charge in [0.05, 0.1) is 0 Å². The van der Waals surface area contributed by atoms with Gasteiger partial charge in [0.2, 0.25) is 0 Å². The molecule has 1 N–H and O–H groups in total. The fourth-order valence-electron chi connectivity index (χ4n) is 3.51. The maximum atomic E-state index is 3.69. The van der Waals surface area contributed by atoms with Crippen molar-refractivity contribution in [3.8, 4) is 0 Å². The van der Waals surface area contributed by atoms with Crippen LogP contribution >= 0.6 is 0 Å². The van der Waals surface area contributed by atoms with Crippen molar-refractivity contribution in [2.45, 2.75) is 52.0 Å². The van der Waals surface area contributed by atoms with Crippen LogP contribution in [0.4, 0.5) is 0 Å². The maximum absolute atomic E-state index is 3.69. The number of piperidine rings is 2. The standard InChI is InChI=1S/C14H28N2/c1-3-5-12(2)10-16-9-7-14-13(11-16)6-4-8-15-14/h12-15H,3-11H2,1-2H3. The molecule has 0 spiro atoms. The van der Waals surface area contributed by atoms with Gasteiger partial charge in [-0.15, -0.1) is 0 Å². The molecule has 2 nitrogen and oxygen atoms in total. The summed E-state index contributed by atoms with van der Waals surface area (Å²) in [7, 11) is 0. The summed E-state index contributed by atoms with van der Waals surface area (Å²) in [6, 6.07) is 0.839. The van der Waals surface area contributed by atoms with Crippen LogP contribution in [0.2, 0.25) is 0 Å². The van der Waals surface area contributed by atoms with Gasteiger partial charge in [0.25, 0.3) is 0 Å². The minimum absolute atomic E-state index is 0.839. The number of hydrogen-bond donors (Lipinski definition) is 1. The molecule has 0 amide bonds. The van der Waals surface area contributed by atoms with E-state index in [1.54, 1.807) is 0 Å². The first kappa shape index (κ1) is 12.4. The third kappa shape index (κ3) is 3.21. The molecule has 2 fully saturated rings. The Morgan fingerprint density at radius 2 is 2.25 bits per heavy atom. The fourth-order valence-corrected chi connectivity index (χ4v) is 3.51. The van der Waals surface area contributed by atoms with Gasteiger partial charge in [-0.25, -0.2) is 0 Å². The summed E-state index contributed by atoms with van der Waals surface area (Å²) < 4.78 is 0. The van der Waals surface area contributed by atoms with Crippen molar-refractivity contribution in [1.82, 2.24) is 10.2 Å². The van der Waals surface area contributed by atoms with Gasteiger partial charge in [-0.05, 0) is 50.6 Å². The van der Waals surface area contributed by atoms with Crippen molar-refractivity contribution < 1.29 is 0 Å². The number of nitrogens with one attached hydrogen (secondary N) is 1. The predicted molar refractivity (Wildman–Crippen MR) is 69.6 cm³/mol. The quantitative estimate of drug-likeness (QED) is 0.789. The van der Waals surface area contributed by atoms with Gasteiger partial charge >= 0.3 is 0 Å². The Morgan fingerprint density at radius 3 is 3.06 bits per heavy atom. The average molecular weight is 224 g/mol. The van der Waals surface area contributed by atoms with E-state index >= 15 is 0 Å². The lowest BCUT2D eigenvalue weighted by molar-refractivity contribution is 0.101. The van der Waals surface area contributed by atoms with Crippen molar-refractivity contribution in [1.29, 1.82) is 0 Å². The van der Waals surface area contributed by atoms with Gasteiger partial charge in [0.1, 0.15) is 0 Å². The third-order valence-corrected chi connectivity index (χ3v) is 4.33. The zero-order chi connectivity index (χ0) is 11.4. The Kier molecular flexibility index (Phi) is 4.66. The molecule has 3 atom stereocenters. The zero-order valence-electron chi connectivity index (χ0n) is 11.0. The van der Waals surface area contributed by atoms with E-state index in [1.165, 1.54) is 58.3 Å². The molecule has 0 saturated carbocycles. The number of hydrogen-bond acceptors (Lipinski definition) is 2. The van der Waals surface area contributed by atoms with E-state index in [-0.39, 0.29) is 0 Å². The Labute approximate surface area is 101 Å². The van der Waals surface area contributed by atoms with Crippen LogP contribution in [0.5, 0.6) is 0 Å². The molecule has 0 aromatic rings. The number of rotatable bonds is 4. The van der Waals surface area contributed by atoms with Crippen LogP contribution in [0.1, 0.15) is 46.0 Å². The molecule has 2 heterocycles. The molecular weight excluding hydrogens is 196 g/mol. The normalized spacial score (nSPS) is 33.4. The van der Waals surface area contributed by atoms with E-state index in [0.717, 1.165) is 17.9 Å². The van der Waals surface area contributed by atoms with Crippen LogP contribution in [0, 0.1) is 11.8 Å². The van der Waals surface area contributed by atoms with E-state index in [2.05, 4.69) is 24.1 Å². The number of nitrogens with zero attached hydrogens (tertiary/aromatic N) is 1. The molecule has 16 heavy (non-hydrogen) atoms. The van der Waals surface area contributed by atoms with Crippen molar-refractivity contribution in [3.63, 3.8) is 0 Å². The summed E-state index contributed by atoms with van der Waals surface area (Å²) in [6.45, 7) is 9.97. The van der Waals surface area contributed by atoms with Gasteiger partial charge in [-0.2, -0.15) is 0 Å². The summed E-state index contributed by atoms with van der Waals surface area (Å²) in [5.41, 5.74) is 0. The third-order valence-electron chi connectivity index (χ3n) is 4.33. The Morgan fingerprint density at radius 1 is 1.38 bits per heavy atom. The summed E-state index contributed by atoms with van der Waals surface area (Å²) in [5, 5.41) is 3.69. The Bertz CT molecular complexity index is 205.